The summed E-state index contributed by atoms with van der Waals surface area (Å²) in [6.45, 7) is 41.1. The Morgan fingerprint density at radius 1 is 0.800 bits per heavy atom. The fraction of sp³-hybridized carbons (Fsp3) is 0.692. The van der Waals surface area contributed by atoms with Crippen molar-refractivity contribution in [2.75, 3.05) is 7.05 Å². The summed E-state index contributed by atoms with van der Waals surface area (Å²) in [5, 5.41) is 2.98. The predicted molar refractivity (Wildman–Crippen MR) is 191 cm³/mol. The van der Waals surface area contributed by atoms with Gasteiger partial charge in [-0.2, -0.15) is 0 Å². The number of nitrogens with one attached hydrogen (secondary N) is 1. The minimum atomic E-state index is 0.421. The van der Waals surface area contributed by atoms with Crippen molar-refractivity contribution < 1.29 is 0 Å². The lowest BCUT2D eigenvalue weighted by Gasteiger charge is -2.19. The van der Waals surface area contributed by atoms with Gasteiger partial charge in [-0.05, 0) is 79.0 Å². The molecule has 0 fully saturated rings. The van der Waals surface area contributed by atoms with E-state index in [0.29, 0.717) is 10.8 Å². The smallest absolute Gasteiger partial charge is 0.0264 e. The monoisotopic (exact) mass is 558 g/mol. The molecule has 1 N–H and O–H groups in total. The van der Waals surface area contributed by atoms with Crippen molar-refractivity contribution in [3.63, 3.8) is 0 Å². The van der Waals surface area contributed by atoms with Crippen LogP contribution in [0.3, 0.4) is 0 Å². The number of benzene rings is 1. The van der Waals surface area contributed by atoms with Gasteiger partial charge in [-0.3, -0.25) is 0 Å². The Balaban J connectivity index is -0.000000222. The molecule has 1 nitrogen and oxygen atoms in total. The lowest BCUT2D eigenvalue weighted by molar-refractivity contribution is 0.373. The zero-order valence-electron chi connectivity index (χ0n) is 30.5. The highest BCUT2D eigenvalue weighted by Crippen LogP contribution is 2.25. The minimum absolute atomic E-state index is 0.421. The molecule has 0 heterocycles. The van der Waals surface area contributed by atoms with Crippen LogP contribution in [0.2, 0.25) is 0 Å². The first-order valence-electron chi connectivity index (χ1n) is 16.1. The summed E-state index contributed by atoms with van der Waals surface area (Å²) in [7, 11) is 1.87. The van der Waals surface area contributed by atoms with Crippen molar-refractivity contribution in [3.05, 3.63) is 65.4 Å². The van der Waals surface area contributed by atoms with Gasteiger partial charge in [0.1, 0.15) is 0 Å². The zero-order chi connectivity index (χ0) is 32.4. The molecule has 1 aromatic carbocycles. The normalized spacial score (nSPS) is 10.6. The zero-order valence-corrected chi connectivity index (χ0v) is 30.5. The molecular formula is C39H75N. The first kappa shape index (κ1) is 45.2. The van der Waals surface area contributed by atoms with Crippen molar-refractivity contribution in [1.29, 1.82) is 0 Å². The van der Waals surface area contributed by atoms with E-state index in [0.717, 1.165) is 11.6 Å². The van der Waals surface area contributed by atoms with E-state index >= 15 is 0 Å². The highest BCUT2D eigenvalue weighted by Gasteiger charge is 2.11. The topological polar surface area (TPSA) is 12.0 Å². The Bertz CT molecular complexity index is 745. The summed E-state index contributed by atoms with van der Waals surface area (Å²) < 4.78 is 0. The van der Waals surface area contributed by atoms with Gasteiger partial charge in [-0.15, -0.1) is 0 Å². The molecule has 0 radical (unpaired) electrons. The molecule has 0 atom stereocenters. The maximum Gasteiger partial charge on any atom is 0.0264 e. The lowest BCUT2D eigenvalue weighted by atomic mass is 9.87. The minimum Gasteiger partial charge on any atom is -0.389 e. The SMILES string of the molecule is C=C(/C=C/c1ccc(C)c(C)c1)NC.C=C(CCCC)CC(C)(C)C.CC(C)C.CCCC.CCCC(C)(C)C. The quantitative estimate of drug-likeness (QED) is 0.235. The number of allylic oxidation sites excluding steroid dienone is 2. The van der Waals surface area contributed by atoms with Gasteiger partial charge in [0.25, 0.3) is 0 Å². The van der Waals surface area contributed by atoms with Gasteiger partial charge in [0.15, 0.2) is 0 Å². The van der Waals surface area contributed by atoms with Crippen LogP contribution in [0, 0.1) is 30.6 Å². The third-order valence-corrected chi connectivity index (χ3v) is 5.49. The first-order valence-corrected chi connectivity index (χ1v) is 16.1. The van der Waals surface area contributed by atoms with E-state index in [1.165, 1.54) is 73.6 Å². The van der Waals surface area contributed by atoms with Gasteiger partial charge in [0.2, 0.25) is 0 Å². The number of likely N-dealkylation sites (N-methyl/N-ethyl adjacent to an activating group) is 1. The van der Waals surface area contributed by atoms with Crippen molar-refractivity contribution >= 4 is 6.08 Å². The molecule has 1 aromatic rings. The highest BCUT2D eigenvalue weighted by atomic mass is 14.8. The maximum atomic E-state index is 4.08. The first-order chi connectivity index (χ1) is 18.3. The average Bonchev–Trinajstić information content (AvgIpc) is 2.82. The number of unbranched alkanes of at least 4 members (excludes halogenated alkanes) is 2. The molecule has 0 aliphatic rings. The van der Waals surface area contributed by atoms with E-state index in [1.54, 1.807) is 0 Å². The third-order valence-electron chi connectivity index (χ3n) is 5.49. The van der Waals surface area contributed by atoms with Gasteiger partial charge in [0, 0.05) is 12.7 Å². The van der Waals surface area contributed by atoms with Crippen LogP contribution in [-0.4, -0.2) is 7.05 Å². The van der Waals surface area contributed by atoms with Crippen LogP contribution >= 0.6 is 0 Å². The van der Waals surface area contributed by atoms with Gasteiger partial charge < -0.3 is 5.32 Å². The van der Waals surface area contributed by atoms with Crippen LogP contribution in [0.25, 0.3) is 6.08 Å². The Morgan fingerprint density at radius 2 is 1.30 bits per heavy atom. The molecule has 0 unspecified atom stereocenters. The summed E-state index contributed by atoms with van der Waals surface area (Å²) in [6, 6.07) is 6.42. The van der Waals surface area contributed by atoms with E-state index in [2.05, 4.69) is 147 Å². The fourth-order valence-electron chi connectivity index (χ4n) is 3.16. The average molecular weight is 558 g/mol. The Labute approximate surface area is 255 Å². The Morgan fingerprint density at radius 3 is 1.60 bits per heavy atom. The molecule has 1 rings (SSSR count). The number of rotatable bonds is 9. The lowest BCUT2D eigenvalue weighted by Crippen LogP contribution is -2.05. The maximum absolute atomic E-state index is 4.08. The summed E-state index contributed by atoms with van der Waals surface area (Å²) in [4.78, 5) is 0. The van der Waals surface area contributed by atoms with Gasteiger partial charge in [-0.1, -0.05) is 159 Å². The second kappa shape index (κ2) is 27.4. The van der Waals surface area contributed by atoms with Crippen molar-refractivity contribution in [2.45, 2.75) is 155 Å². The van der Waals surface area contributed by atoms with Crippen LogP contribution in [-0.2, 0) is 0 Å². The Hall–Kier alpha value is -1.76. The number of hydrogen-bond acceptors (Lipinski definition) is 1. The number of aryl methyl sites for hydroxylation is 2. The van der Waals surface area contributed by atoms with Crippen LogP contribution in [0.5, 0.6) is 0 Å². The fourth-order valence-corrected chi connectivity index (χ4v) is 3.16. The molecule has 0 saturated carbocycles. The molecule has 236 valence electrons. The van der Waals surface area contributed by atoms with Crippen LogP contribution in [0.1, 0.15) is 158 Å². The van der Waals surface area contributed by atoms with Crippen molar-refractivity contribution in [2.24, 2.45) is 16.7 Å². The molecule has 0 aliphatic carbocycles. The van der Waals surface area contributed by atoms with E-state index in [9.17, 15) is 0 Å². The van der Waals surface area contributed by atoms with Crippen LogP contribution in [0.15, 0.2) is 48.7 Å². The van der Waals surface area contributed by atoms with E-state index in [1.807, 2.05) is 13.1 Å². The number of hydrogen-bond donors (Lipinski definition) is 1. The molecule has 0 spiro atoms. The standard InChI is InChI=1S/C13H17N.C11H22.C7H16.2C4H10/c1-10-5-7-13(9-11(10)2)8-6-12(3)14-4;1-6-7-8-10(2)9-11(3,4)5;1-5-6-7(2,3)4;1-4(2)3;1-3-4-2/h5-9,14H,3H2,1-2,4H3;2,6-9H2,1,3-5H3;5-6H2,1-4H3;4H,1-3H3;3-4H2,1-2H3/b8-6+;;;;. The van der Waals surface area contributed by atoms with Crippen molar-refractivity contribution in [3.8, 4) is 0 Å². The van der Waals surface area contributed by atoms with E-state index in [4.69, 9.17) is 0 Å². The van der Waals surface area contributed by atoms with Gasteiger partial charge in [0.05, 0.1) is 0 Å². The molecule has 0 aliphatic heterocycles. The van der Waals surface area contributed by atoms with Crippen LogP contribution in [0.4, 0.5) is 0 Å². The summed E-state index contributed by atoms with van der Waals surface area (Å²) in [6.07, 6.45) is 14.3. The molecule has 1 heteroatoms. The molecule has 0 saturated heterocycles. The van der Waals surface area contributed by atoms with E-state index < -0.39 is 0 Å². The van der Waals surface area contributed by atoms with Crippen LogP contribution < -0.4 is 5.32 Å². The molecule has 0 bridgehead atoms. The van der Waals surface area contributed by atoms with Crippen molar-refractivity contribution in [1.82, 2.24) is 5.32 Å². The predicted octanol–water partition coefficient (Wildman–Crippen LogP) is 13.5. The molecular weight excluding hydrogens is 482 g/mol. The third kappa shape index (κ3) is 43.3. The molecule has 0 aromatic heterocycles. The van der Waals surface area contributed by atoms with Gasteiger partial charge in [-0.25, -0.2) is 0 Å². The second-order valence-corrected chi connectivity index (χ2v) is 14.1. The second-order valence-electron chi connectivity index (χ2n) is 14.1. The van der Waals surface area contributed by atoms with E-state index in [-0.39, 0.29) is 0 Å². The highest BCUT2D eigenvalue weighted by molar-refractivity contribution is 5.54. The summed E-state index contributed by atoms with van der Waals surface area (Å²) in [5.41, 5.74) is 7.17. The largest absolute Gasteiger partial charge is 0.389 e. The summed E-state index contributed by atoms with van der Waals surface area (Å²) >= 11 is 0. The summed E-state index contributed by atoms with van der Waals surface area (Å²) in [5.74, 6) is 0.833. The molecule has 0 amide bonds. The van der Waals surface area contributed by atoms with Gasteiger partial charge >= 0.3 is 0 Å². The molecule has 40 heavy (non-hydrogen) atoms. The Kier molecular flexibility index (Phi) is 31.0.